The average molecular weight is 487 g/mol. The number of nitrogens with one attached hydrogen (secondary N) is 2. The topological polar surface area (TPSA) is 113 Å². The molecule has 0 spiro atoms. The molecule has 0 saturated carbocycles. The molecule has 7 nitrogen and oxygen atoms in total. The Labute approximate surface area is 197 Å². The van der Waals surface area contributed by atoms with E-state index < -0.39 is 27.9 Å². The van der Waals surface area contributed by atoms with Crippen LogP contribution in [-0.2, 0) is 32.5 Å². The molecule has 0 aliphatic rings. The lowest BCUT2D eigenvalue weighted by atomic mass is 10.1. The fourth-order valence-electron chi connectivity index (χ4n) is 3.14. The quantitative estimate of drug-likeness (QED) is 0.402. The molecule has 0 aromatic heterocycles. The molecular formula is C24H23ClN2O5S. The van der Waals surface area contributed by atoms with Crippen LogP contribution in [0.3, 0.4) is 0 Å². The first-order valence-electron chi connectivity index (χ1n) is 10.2. The van der Waals surface area contributed by atoms with Crippen molar-refractivity contribution in [1.29, 1.82) is 0 Å². The van der Waals surface area contributed by atoms with E-state index in [1.54, 1.807) is 24.3 Å². The van der Waals surface area contributed by atoms with Crippen LogP contribution in [0.5, 0.6) is 0 Å². The van der Waals surface area contributed by atoms with Crippen LogP contribution >= 0.6 is 11.6 Å². The summed E-state index contributed by atoms with van der Waals surface area (Å²) in [5.41, 5.74) is 2.09. The normalized spacial score (nSPS) is 12.2. The lowest BCUT2D eigenvalue weighted by molar-refractivity contribution is -0.137. The Morgan fingerprint density at radius 2 is 1.52 bits per heavy atom. The molecule has 172 valence electrons. The Morgan fingerprint density at radius 3 is 2.12 bits per heavy atom. The van der Waals surface area contributed by atoms with Crippen LogP contribution in [0.1, 0.15) is 17.5 Å². The highest BCUT2D eigenvalue weighted by atomic mass is 35.5. The molecule has 0 heterocycles. The summed E-state index contributed by atoms with van der Waals surface area (Å²) in [5, 5.41) is 11.9. The Balaban J connectivity index is 1.77. The number of carboxylic acids is 1. The van der Waals surface area contributed by atoms with Crippen molar-refractivity contribution in [2.24, 2.45) is 0 Å². The van der Waals surface area contributed by atoms with Crippen molar-refractivity contribution < 1.29 is 23.1 Å². The van der Waals surface area contributed by atoms with Gasteiger partial charge in [0.05, 0.1) is 4.90 Å². The second-order valence-corrected chi connectivity index (χ2v) is 9.55. The standard InChI is InChI=1S/C24H23ClN2O5S/c25-19-9-13-21(14-10-19)33(31,32)27-22(16-18-4-2-1-3-5-18)24(30)26-20-11-6-17(7-12-20)8-15-23(28)29/h1-7,9-14,22,27H,8,15-16H2,(H,26,30)(H,28,29). The van der Waals surface area contributed by atoms with E-state index in [2.05, 4.69) is 10.0 Å². The summed E-state index contributed by atoms with van der Waals surface area (Å²) in [7, 11) is -3.98. The number of carboxylic acid groups (broad SMARTS) is 1. The van der Waals surface area contributed by atoms with E-state index >= 15 is 0 Å². The molecule has 3 aromatic carbocycles. The van der Waals surface area contributed by atoms with Gasteiger partial charge >= 0.3 is 5.97 Å². The van der Waals surface area contributed by atoms with Crippen LogP contribution in [0.15, 0.2) is 83.8 Å². The molecule has 0 aliphatic carbocycles. The first-order chi connectivity index (χ1) is 15.7. The van der Waals surface area contributed by atoms with Crippen LogP contribution in [0.4, 0.5) is 5.69 Å². The van der Waals surface area contributed by atoms with Crippen molar-refractivity contribution in [3.05, 3.63) is 95.0 Å². The lowest BCUT2D eigenvalue weighted by Gasteiger charge is -2.19. The second-order valence-electron chi connectivity index (χ2n) is 7.40. The van der Waals surface area contributed by atoms with E-state index in [0.717, 1.165) is 11.1 Å². The lowest BCUT2D eigenvalue weighted by Crippen LogP contribution is -2.45. The summed E-state index contributed by atoms with van der Waals surface area (Å²) in [5.74, 6) is -1.40. The van der Waals surface area contributed by atoms with Crippen LogP contribution in [-0.4, -0.2) is 31.4 Å². The molecule has 0 aliphatic heterocycles. The van der Waals surface area contributed by atoms with Gasteiger partial charge in [0, 0.05) is 17.1 Å². The zero-order valence-corrected chi connectivity index (χ0v) is 19.1. The summed E-state index contributed by atoms with van der Waals surface area (Å²) in [6.45, 7) is 0. The fourth-order valence-corrected chi connectivity index (χ4v) is 4.46. The van der Waals surface area contributed by atoms with E-state index in [-0.39, 0.29) is 17.7 Å². The number of carbonyl (C=O) groups is 2. The van der Waals surface area contributed by atoms with Crippen LogP contribution in [0.2, 0.25) is 5.02 Å². The third-order valence-corrected chi connectivity index (χ3v) is 6.61. The number of hydrogen-bond acceptors (Lipinski definition) is 4. The molecular weight excluding hydrogens is 464 g/mol. The minimum Gasteiger partial charge on any atom is -0.481 e. The Kier molecular flexibility index (Phi) is 8.21. The molecule has 0 bridgehead atoms. The first-order valence-corrected chi connectivity index (χ1v) is 12.0. The van der Waals surface area contributed by atoms with Gasteiger partial charge in [0.1, 0.15) is 6.04 Å². The number of aryl methyl sites for hydroxylation is 1. The predicted octanol–water partition coefficient (Wildman–Crippen LogP) is 3.89. The zero-order chi connectivity index (χ0) is 23.8. The highest BCUT2D eigenvalue weighted by Crippen LogP contribution is 2.17. The predicted molar refractivity (Wildman–Crippen MR) is 127 cm³/mol. The van der Waals surface area contributed by atoms with Crippen molar-refractivity contribution >= 4 is 39.2 Å². The van der Waals surface area contributed by atoms with Gasteiger partial charge in [0.2, 0.25) is 15.9 Å². The van der Waals surface area contributed by atoms with E-state index in [4.69, 9.17) is 16.7 Å². The number of sulfonamides is 1. The van der Waals surface area contributed by atoms with Crippen molar-refractivity contribution in [2.45, 2.75) is 30.2 Å². The summed E-state index contributed by atoms with van der Waals surface area (Å²) in [6.07, 6.45) is 0.536. The number of anilines is 1. The van der Waals surface area contributed by atoms with Gasteiger partial charge in [-0.3, -0.25) is 9.59 Å². The number of amides is 1. The Morgan fingerprint density at radius 1 is 0.879 bits per heavy atom. The van der Waals surface area contributed by atoms with Crippen LogP contribution in [0, 0.1) is 0 Å². The minimum absolute atomic E-state index is 0.000505. The van der Waals surface area contributed by atoms with Gasteiger partial charge in [-0.2, -0.15) is 4.72 Å². The molecule has 0 saturated heterocycles. The minimum atomic E-state index is -3.98. The third-order valence-electron chi connectivity index (χ3n) is 4.87. The van der Waals surface area contributed by atoms with E-state index in [1.807, 2.05) is 30.3 Å². The number of benzene rings is 3. The third kappa shape index (κ3) is 7.42. The first kappa shape index (κ1) is 24.4. The number of halogens is 1. The van der Waals surface area contributed by atoms with Gasteiger partial charge in [0.25, 0.3) is 0 Å². The summed E-state index contributed by atoms with van der Waals surface area (Å²) in [6, 6.07) is 20.5. The number of rotatable bonds is 10. The molecule has 3 aromatic rings. The average Bonchev–Trinajstić information content (AvgIpc) is 2.79. The van der Waals surface area contributed by atoms with Gasteiger partial charge in [-0.15, -0.1) is 0 Å². The van der Waals surface area contributed by atoms with Gasteiger partial charge < -0.3 is 10.4 Å². The summed E-state index contributed by atoms with van der Waals surface area (Å²) < 4.78 is 28.3. The number of carbonyl (C=O) groups excluding carboxylic acids is 1. The largest absolute Gasteiger partial charge is 0.481 e. The summed E-state index contributed by atoms with van der Waals surface area (Å²) in [4.78, 5) is 23.8. The van der Waals surface area contributed by atoms with Crippen LogP contribution < -0.4 is 10.0 Å². The van der Waals surface area contributed by atoms with Gasteiger partial charge in [-0.05, 0) is 60.4 Å². The maximum Gasteiger partial charge on any atom is 0.303 e. The van der Waals surface area contributed by atoms with Crippen molar-refractivity contribution in [3.8, 4) is 0 Å². The highest BCUT2D eigenvalue weighted by Gasteiger charge is 2.26. The van der Waals surface area contributed by atoms with Crippen molar-refractivity contribution in [2.75, 3.05) is 5.32 Å². The van der Waals surface area contributed by atoms with Crippen LogP contribution in [0.25, 0.3) is 0 Å². The molecule has 1 atom stereocenters. The van der Waals surface area contributed by atoms with Crippen molar-refractivity contribution in [1.82, 2.24) is 4.72 Å². The maximum atomic E-state index is 13.0. The number of aliphatic carboxylic acids is 1. The van der Waals surface area contributed by atoms with E-state index in [1.165, 1.54) is 24.3 Å². The van der Waals surface area contributed by atoms with E-state index in [0.29, 0.717) is 17.1 Å². The SMILES string of the molecule is O=C(O)CCc1ccc(NC(=O)C(Cc2ccccc2)NS(=O)(=O)c2ccc(Cl)cc2)cc1. The molecule has 1 amide bonds. The van der Waals surface area contributed by atoms with Gasteiger partial charge in [-0.25, -0.2) is 8.42 Å². The number of hydrogen-bond donors (Lipinski definition) is 3. The van der Waals surface area contributed by atoms with Gasteiger partial charge in [-0.1, -0.05) is 54.1 Å². The second kappa shape index (κ2) is 11.1. The highest BCUT2D eigenvalue weighted by molar-refractivity contribution is 7.89. The molecule has 1 unspecified atom stereocenters. The molecule has 0 radical (unpaired) electrons. The molecule has 0 fully saturated rings. The Hall–Kier alpha value is -3.20. The molecule has 3 N–H and O–H groups in total. The molecule has 3 rings (SSSR count). The Bertz CT molecular complexity index is 1200. The molecule has 33 heavy (non-hydrogen) atoms. The molecule has 9 heteroatoms. The monoisotopic (exact) mass is 486 g/mol. The maximum absolute atomic E-state index is 13.0. The van der Waals surface area contributed by atoms with Crippen molar-refractivity contribution in [3.63, 3.8) is 0 Å². The smallest absolute Gasteiger partial charge is 0.303 e. The van der Waals surface area contributed by atoms with E-state index in [9.17, 15) is 18.0 Å². The van der Waals surface area contributed by atoms with Gasteiger partial charge in [0.15, 0.2) is 0 Å². The summed E-state index contributed by atoms with van der Waals surface area (Å²) >= 11 is 5.85. The zero-order valence-electron chi connectivity index (χ0n) is 17.6. The fraction of sp³-hybridized carbons (Fsp3) is 0.167.